The van der Waals surface area contributed by atoms with E-state index in [2.05, 4.69) is 25.8 Å². The molecule has 9 nitrogen and oxygen atoms in total. The van der Waals surface area contributed by atoms with Crippen molar-refractivity contribution in [3.05, 3.63) is 59.9 Å². The first kappa shape index (κ1) is 29.3. The van der Waals surface area contributed by atoms with Gasteiger partial charge in [0.15, 0.2) is 5.03 Å². The number of pyridine rings is 2. The lowest BCUT2D eigenvalue weighted by Gasteiger charge is -2.37. The summed E-state index contributed by atoms with van der Waals surface area (Å²) in [5.41, 5.74) is 6.33. The Labute approximate surface area is 235 Å². The zero-order chi connectivity index (χ0) is 29.4. The molecule has 2 aromatic heterocycles. The molecule has 0 spiro atoms. The van der Waals surface area contributed by atoms with E-state index < -0.39 is 21.7 Å². The molecule has 1 amide bonds. The first-order valence-corrected chi connectivity index (χ1v) is 14.6. The highest BCUT2D eigenvalue weighted by molar-refractivity contribution is 7.89. The van der Waals surface area contributed by atoms with Crippen molar-refractivity contribution in [2.75, 3.05) is 30.8 Å². The number of sulfonamides is 1. The molecule has 3 heterocycles. The molecule has 0 radical (unpaired) electrons. The Morgan fingerprint density at radius 1 is 1.20 bits per heavy atom. The van der Waals surface area contributed by atoms with Crippen molar-refractivity contribution < 1.29 is 22.3 Å². The Morgan fingerprint density at radius 3 is 2.55 bits per heavy atom. The van der Waals surface area contributed by atoms with Crippen LogP contribution in [0.15, 0.2) is 53.6 Å². The normalized spacial score (nSPS) is 16.8. The van der Waals surface area contributed by atoms with Crippen molar-refractivity contribution in [1.29, 1.82) is 0 Å². The van der Waals surface area contributed by atoms with Crippen molar-refractivity contribution in [3.63, 3.8) is 0 Å². The number of nitrogen functional groups attached to an aromatic ring is 1. The summed E-state index contributed by atoms with van der Waals surface area (Å²) in [5, 5.41) is -0.335. The molecule has 3 aromatic rings. The average molecular weight is 570 g/mol. The van der Waals surface area contributed by atoms with Crippen LogP contribution < -0.4 is 15.4 Å². The first-order chi connectivity index (χ1) is 18.7. The van der Waals surface area contributed by atoms with E-state index in [9.17, 15) is 17.6 Å². The smallest absolute Gasteiger partial charge is 0.284 e. The standard InChI is InChI=1S/C29H36FN5O4S/c1-18(2)17-39-22-15-20(14-21(30)16-22)24-11-10-23(27(32-24)35-13-12-19(3)29(35,4)5)28(36)34(6)40(37,38)26-9-7-8-25(31)33-26/h7-11,14-16,18-19H,12-13,17H2,1-6H3,(H2,31,33). The Kier molecular flexibility index (Phi) is 8.07. The molecule has 1 atom stereocenters. The minimum absolute atomic E-state index is 0.0215. The predicted molar refractivity (Wildman–Crippen MR) is 153 cm³/mol. The van der Waals surface area contributed by atoms with Gasteiger partial charge in [-0.1, -0.05) is 26.8 Å². The van der Waals surface area contributed by atoms with Gasteiger partial charge in [-0.15, -0.1) is 0 Å². The number of anilines is 2. The molecule has 0 bridgehead atoms. The molecular weight excluding hydrogens is 533 g/mol. The summed E-state index contributed by atoms with van der Waals surface area (Å²) in [4.78, 5) is 24.5. The van der Waals surface area contributed by atoms with Gasteiger partial charge in [0.25, 0.3) is 15.9 Å². The molecule has 1 fully saturated rings. The van der Waals surface area contributed by atoms with Crippen LogP contribution in [0.5, 0.6) is 5.75 Å². The van der Waals surface area contributed by atoms with Gasteiger partial charge in [0.05, 0.1) is 17.9 Å². The van der Waals surface area contributed by atoms with Crippen molar-refractivity contribution >= 4 is 27.6 Å². The number of benzene rings is 1. The van der Waals surface area contributed by atoms with E-state index in [1.807, 2.05) is 18.7 Å². The van der Waals surface area contributed by atoms with E-state index in [1.54, 1.807) is 12.1 Å². The minimum atomic E-state index is -4.30. The van der Waals surface area contributed by atoms with E-state index in [4.69, 9.17) is 15.5 Å². The fraction of sp³-hybridized carbons (Fsp3) is 0.414. The van der Waals surface area contributed by atoms with Crippen molar-refractivity contribution in [1.82, 2.24) is 14.3 Å². The number of carbonyl (C=O) groups is 1. The highest BCUT2D eigenvalue weighted by Crippen LogP contribution is 2.40. The molecule has 4 rings (SSSR count). The summed E-state index contributed by atoms with van der Waals surface area (Å²) >= 11 is 0. The maximum absolute atomic E-state index is 14.6. The van der Waals surface area contributed by atoms with Gasteiger partial charge in [-0.25, -0.2) is 18.7 Å². The molecule has 1 aromatic carbocycles. The second-order valence-corrected chi connectivity index (χ2v) is 13.0. The first-order valence-electron chi connectivity index (χ1n) is 13.2. The van der Waals surface area contributed by atoms with Crippen LogP contribution in [0.1, 0.15) is 51.4 Å². The van der Waals surface area contributed by atoms with Crippen LogP contribution >= 0.6 is 0 Å². The van der Waals surface area contributed by atoms with E-state index in [0.29, 0.717) is 40.3 Å². The maximum atomic E-state index is 14.6. The highest BCUT2D eigenvalue weighted by atomic mass is 32.2. The molecule has 214 valence electrons. The maximum Gasteiger partial charge on any atom is 0.284 e. The fourth-order valence-electron chi connectivity index (χ4n) is 4.64. The number of nitrogens with zero attached hydrogens (tertiary/aromatic N) is 4. The van der Waals surface area contributed by atoms with Crippen molar-refractivity contribution in [3.8, 4) is 17.0 Å². The highest BCUT2D eigenvalue weighted by Gasteiger charge is 2.41. The zero-order valence-electron chi connectivity index (χ0n) is 23.7. The Hall–Kier alpha value is -3.73. The lowest BCUT2D eigenvalue weighted by atomic mass is 9.90. The van der Waals surface area contributed by atoms with Crippen LogP contribution in [0.2, 0.25) is 0 Å². The van der Waals surface area contributed by atoms with Gasteiger partial charge in [-0.3, -0.25) is 4.79 Å². The van der Waals surface area contributed by atoms with Crippen molar-refractivity contribution in [2.24, 2.45) is 11.8 Å². The average Bonchev–Trinajstić information content (AvgIpc) is 3.17. The van der Waals surface area contributed by atoms with Gasteiger partial charge in [0, 0.05) is 30.8 Å². The number of carbonyl (C=O) groups excluding carboxylic acids is 1. The second kappa shape index (κ2) is 11.0. The summed E-state index contributed by atoms with van der Waals surface area (Å²) in [6.45, 7) is 11.3. The molecule has 1 aliphatic heterocycles. The van der Waals surface area contributed by atoms with Crippen LogP contribution in [-0.4, -0.2) is 54.3 Å². The third-order valence-electron chi connectivity index (χ3n) is 7.45. The van der Waals surface area contributed by atoms with Gasteiger partial charge in [0.1, 0.15) is 23.2 Å². The molecule has 11 heteroatoms. The number of ether oxygens (including phenoxy) is 1. The number of nitrogens with two attached hydrogens (primary N) is 1. The molecule has 1 unspecified atom stereocenters. The van der Waals surface area contributed by atoms with E-state index in [0.717, 1.165) is 6.42 Å². The minimum Gasteiger partial charge on any atom is -0.493 e. The Morgan fingerprint density at radius 2 is 1.93 bits per heavy atom. The number of hydrogen-bond acceptors (Lipinski definition) is 8. The van der Waals surface area contributed by atoms with Crippen LogP contribution in [0.3, 0.4) is 0 Å². The number of aromatic nitrogens is 2. The van der Waals surface area contributed by atoms with Gasteiger partial charge in [-0.2, -0.15) is 8.42 Å². The van der Waals surface area contributed by atoms with Gasteiger partial charge in [-0.05, 0) is 68.5 Å². The summed E-state index contributed by atoms with van der Waals surface area (Å²) in [5.74, 6) is 0.0228. The van der Waals surface area contributed by atoms with Crippen LogP contribution in [0.4, 0.5) is 16.0 Å². The lowest BCUT2D eigenvalue weighted by molar-refractivity contribution is 0.0882. The molecule has 2 N–H and O–H groups in total. The predicted octanol–water partition coefficient (Wildman–Crippen LogP) is 4.99. The van der Waals surface area contributed by atoms with Gasteiger partial charge < -0.3 is 15.4 Å². The van der Waals surface area contributed by atoms with Crippen LogP contribution in [0.25, 0.3) is 11.3 Å². The molecule has 0 aliphatic carbocycles. The monoisotopic (exact) mass is 569 g/mol. The van der Waals surface area contributed by atoms with E-state index in [-0.39, 0.29) is 33.8 Å². The topological polar surface area (TPSA) is 119 Å². The van der Waals surface area contributed by atoms with E-state index >= 15 is 0 Å². The van der Waals surface area contributed by atoms with Crippen LogP contribution in [-0.2, 0) is 10.0 Å². The number of rotatable bonds is 8. The fourth-order valence-corrected chi connectivity index (χ4v) is 5.71. The molecule has 40 heavy (non-hydrogen) atoms. The third-order valence-corrected chi connectivity index (χ3v) is 9.10. The molecule has 0 saturated carbocycles. The number of halogens is 1. The van der Waals surface area contributed by atoms with Gasteiger partial charge >= 0.3 is 0 Å². The third kappa shape index (κ3) is 5.74. The summed E-state index contributed by atoms with van der Waals surface area (Å²) in [7, 11) is -3.11. The van der Waals surface area contributed by atoms with Crippen molar-refractivity contribution in [2.45, 2.75) is 51.6 Å². The largest absolute Gasteiger partial charge is 0.493 e. The zero-order valence-corrected chi connectivity index (χ0v) is 24.5. The Balaban J connectivity index is 1.81. The summed E-state index contributed by atoms with van der Waals surface area (Å²) in [6.07, 6.45) is 0.862. The Bertz CT molecular complexity index is 1530. The molecular formula is C29H36FN5O4S. The van der Waals surface area contributed by atoms with Gasteiger partial charge in [0.2, 0.25) is 0 Å². The quantitative estimate of drug-likeness (QED) is 0.403. The summed E-state index contributed by atoms with van der Waals surface area (Å²) in [6, 6.07) is 11.7. The second-order valence-electron chi connectivity index (χ2n) is 11.1. The van der Waals surface area contributed by atoms with E-state index in [1.165, 1.54) is 43.4 Å². The van der Waals surface area contributed by atoms with Crippen LogP contribution in [0, 0.1) is 17.7 Å². The number of hydrogen-bond donors (Lipinski definition) is 1. The molecule has 1 saturated heterocycles. The summed E-state index contributed by atoms with van der Waals surface area (Å²) < 4.78 is 47.6. The molecule has 1 aliphatic rings. The lowest BCUT2D eigenvalue weighted by Crippen LogP contribution is -2.44. The SMILES string of the molecule is CC(C)COc1cc(F)cc(-c2ccc(C(=O)N(C)S(=O)(=O)c3cccc(N)n3)c(N3CCC(C)C3(C)C)n2)c1. The number of amides is 1.